The predicted octanol–water partition coefficient (Wildman–Crippen LogP) is 5.12. The molecule has 12 nitrogen and oxygen atoms in total. The number of ether oxygens (including phenoxy) is 2. The Morgan fingerprint density at radius 1 is 1.06 bits per heavy atom. The monoisotopic (exact) mass is 691 g/mol. The maximum Gasteiger partial charge on any atom is 0.256 e. The summed E-state index contributed by atoms with van der Waals surface area (Å²) in [6, 6.07) is 20.1. The third kappa shape index (κ3) is 7.48. The Hall–Kier alpha value is -5.94. The van der Waals surface area contributed by atoms with Crippen molar-refractivity contribution in [2.45, 2.75) is 25.5 Å². The van der Waals surface area contributed by atoms with Gasteiger partial charge in [-0.15, -0.1) is 0 Å². The van der Waals surface area contributed by atoms with Gasteiger partial charge in [0, 0.05) is 61.2 Å². The predicted molar refractivity (Wildman–Crippen MR) is 184 cm³/mol. The summed E-state index contributed by atoms with van der Waals surface area (Å²) in [6.07, 6.45) is 4.83. The van der Waals surface area contributed by atoms with Crippen molar-refractivity contribution in [1.82, 2.24) is 24.7 Å². The van der Waals surface area contributed by atoms with Crippen molar-refractivity contribution in [1.29, 1.82) is 5.26 Å². The average molecular weight is 692 g/mol. The fourth-order valence-electron chi connectivity index (χ4n) is 6.60. The molecule has 2 saturated heterocycles. The van der Waals surface area contributed by atoms with Crippen LogP contribution in [0, 0.1) is 35.8 Å². The van der Waals surface area contributed by atoms with E-state index < -0.39 is 17.2 Å². The second-order valence-electron chi connectivity index (χ2n) is 12.7. The number of nitrogens with one attached hydrogen (secondary N) is 1. The van der Waals surface area contributed by atoms with E-state index in [1.807, 2.05) is 37.3 Å². The molecular formula is C37H35F2N9O3. The summed E-state index contributed by atoms with van der Waals surface area (Å²) in [5, 5.41) is 15.9. The minimum absolute atomic E-state index is 0.0480. The van der Waals surface area contributed by atoms with Gasteiger partial charge in [-0.2, -0.15) is 10.4 Å². The zero-order chi connectivity index (χ0) is 35.4. The van der Waals surface area contributed by atoms with Crippen molar-refractivity contribution in [3.05, 3.63) is 120 Å². The van der Waals surface area contributed by atoms with Gasteiger partial charge in [0.05, 0.1) is 31.0 Å². The number of amides is 1. The van der Waals surface area contributed by atoms with Gasteiger partial charge in [0.1, 0.15) is 53.3 Å². The third-order valence-electron chi connectivity index (χ3n) is 9.25. The van der Waals surface area contributed by atoms with Crippen LogP contribution in [0.25, 0.3) is 0 Å². The van der Waals surface area contributed by atoms with Crippen molar-refractivity contribution in [2.24, 2.45) is 5.92 Å². The molecule has 14 heteroatoms. The van der Waals surface area contributed by atoms with Crippen molar-refractivity contribution in [3.63, 3.8) is 0 Å². The van der Waals surface area contributed by atoms with Crippen LogP contribution in [0.15, 0.2) is 85.6 Å². The van der Waals surface area contributed by atoms with Crippen LogP contribution in [-0.2, 0) is 16.9 Å². The minimum atomic E-state index is -1.04. The molecule has 0 radical (unpaired) electrons. The van der Waals surface area contributed by atoms with Crippen LogP contribution in [0.3, 0.4) is 0 Å². The number of carbonyl (C=O) groups excluding carboxylic acids is 1. The molecule has 2 aromatic carbocycles. The first-order chi connectivity index (χ1) is 24.8. The molecule has 2 fully saturated rings. The first kappa shape index (κ1) is 33.6. The molecule has 7 rings (SSSR count). The molecule has 5 aromatic rings. The molecule has 3 aromatic heterocycles. The molecule has 0 bridgehead atoms. The number of anilines is 3. The lowest BCUT2D eigenvalue weighted by Gasteiger charge is -2.37. The lowest BCUT2D eigenvalue weighted by Crippen LogP contribution is -2.46. The zero-order valence-electron chi connectivity index (χ0n) is 27.9. The number of pyridine rings is 2. The molecule has 51 heavy (non-hydrogen) atoms. The van der Waals surface area contributed by atoms with E-state index in [1.54, 1.807) is 35.3 Å². The maximum absolute atomic E-state index is 15.0. The number of rotatable bonds is 10. The van der Waals surface area contributed by atoms with Crippen molar-refractivity contribution >= 4 is 23.2 Å². The molecule has 2 aliphatic rings. The van der Waals surface area contributed by atoms with Gasteiger partial charge < -0.3 is 24.6 Å². The summed E-state index contributed by atoms with van der Waals surface area (Å²) in [7, 11) is 0. The number of aryl methyl sites for hydroxylation is 1. The second-order valence-corrected chi connectivity index (χ2v) is 12.7. The molecular weight excluding hydrogens is 656 g/mol. The highest BCUT2D eigenvalue weighted by atomic mass is 19.1. The summed E-state index contributed by atoms with van der Waals surface area (Å²) < 4.78 is 42.8. The number of benzene rings is 2. The molecule has 0 unspecified atom stereocenters. The van der Waals surface area contributed by atoms with Gasteiger partial charge in [-0.3, -0.25) is 4.79 Å². The third-order valence-corrected chi connectivity index (χ3v) is 9.25. The van der Waals surface area contributed by atoms with Gasteiger partial charge in [0.2, 0.25) is 0 Å². The highest BCUT2D eigenvalue weighted by Crippen LogP contribution is 2.42. The number of hydrogen-bond donors (Lipinski definition) is 1. The lowest BCUT2D eigenvalue weighted by atomic mass is 9.87. The molecule has 2 aliphatic heterocycles. The molecule has 260 valence electrons. The Morgan fingerprint density at radius 3 is 2.55 bits per heavy atom. The Balaban J connectivity index is 0.922. The van der Waals surface area contributed by atoms with Crippen LogP contribution in [0.2, 0.25) is 0 Å². The normalized spacial score (nSPS) is 18.7. The molecule has 2 atom stereocenters. The van der Waals surface area contributed by atoms with Crippen LogP contribution in [0.1, 0.15) is 33.6 Å². The summed E-state index contributed by atoms with van der Waals surface area (Å²) in [6.45, 7) is 5.94. The number of aromatic nitrogens is 5. The van der Waals surface area contributed by atoms with Crippen LogP contribution in [0.4, 0.5) is 26.1 Å². The van der Waals surface area contributed by atoms with Crippen molar-refractivity contribution < 1.29 is 23.0 Å². The molecule has 1 N–H and O–H groups in total. The van der Waals surface area contributed by atoms with Gasteiger partial charge in [0.15, 0.2) is 0 Å². The van der Waals surface area contributed by atoms with Crippen LogP contribution >= 0.6 is 0 Å². The van der Waals surface area contributed by atoms with Gasteiger partial charge >= 0.3 is 0 Å². The topological polar surface area (TPSA) is 134 Å². The van der Waals surface area contributed by atoms with E-state index in [0.29, 0.717) is 42.3 Å². The fourth-order valence-corrected chi connectivity index (χ4v) is 6.60. The Labute approximate surface area is 293 Å². The fraction of sp³-hybridized carbons (Fsp3) is 0.297. The first-order valence-corrected chi connectivity index (χ1v) is 16.6. The standard InChI is InChI=1S/C37H35F2N9O3/c1-25-33(50-20-27-17-37(51-21-27,22-48-24-41-23-43-48)31-8-5-29(38)16-32(31)39)9-11-35(44-25)47-14-12-46(13-15-47)30-6-3-28(4-7-30)36(49)45-34-10-2-26(18-40)19-42-34/h2-11,16,19,23-24,27H,12-15,17,20-22H2,1H3,(H,42,45,49)/t27-,37+/m1/s1. The summed E-state index contributed by atoms with van der Waals surface area (Å²) >= 11 is 0. The van der Waals surface area contributed by atoms with Crippen molar-refractivity contribution in [3.8, 4) is 11.8 Å². The molecule has 0 spiro atoms. The quantitative estimate of drug-likeness (QED) is 0.211. The van der Waals surface area contributed by atoms with Crippen LogP contribution in [0.5, 0.6) is 5.75 Å². The smallest absolute Gasteiger partial charge is 0.256 e. The van der Waals surface area contributed by atoms with Crippen LogP contribution < -0.4 is 19.9 Å². The zero-order valence-corrected chi connectivity index (χ0v) is 27.9. The van der Waals surface area contributed by atoms with Gasteiger partial charge in [-0.25, -0.2) is 28.4 Å². The number of nitrogens with zero attached hydrogens (tertiary/aromatic N) is 8. The Kier molecular flexibility index (Phi) is 9.54. The van der Waals surface area contributed by atoms with E-state index in [0.717, 1.165) is 49.4 Å². The molecule has 5 heterocycles. The number of piperazine rings is 1. The summed E-state index contributed by atoms with van der Waals surface area (Å²) in [4.78, 5) is 30.1. The van der Waals surface area contributed by atoms with E-state index in [1.165, 1.54) is 24.7 Å². The van der Waals surface area contributed by atoms with E-state index in [2.05, 4.69) is 30.2 Å². The molecule has 1 amide bonds. The van der Waals surface area contributed by atoms with Crippen molar-refractivity contribution in [2.75, 3.05) is 54.5 Å². The average Bonchev–Trinajstić information content (AvgIpc) is 3.82. The van der Waals surface area contributed by atoms with Gasteiger partial charge in [0.25, 0.3) is 5.91 Å². The highest BCUT2D eigenvalue weighted by Gasteiger charge is 2.44. The largest absolute Gasteiger partial charge is 0.491 e. The lowest BCUT2D eigenvalue weighted by molar-refractivity contribution is -0.0206. The highest BCUT2D eigenvalue weighted by molar-refractivity contribution is 6.03. The summed E-state index contributed by atoms with van der Waals surface area (Å²) in [5.74, 6) is 0.286. The summed E-state index contributed by atoms with van der Waals surface area (Å²) in [5.41, 5.74) is 1.97. The Morgan fingerprint density at radius 2 is 1.86 bits per heavy atom. The van der Waals surface area contributed by atoms with E-state index >= 15 is 0 Å². The SMILES string of the molecule is Cc1nc(N2CCN(c3ccc(C(=O)Nc4ccc(C#N)cn4)cc3)CC2)ccc1OC[C@@H]1CO[C@@](Cn2cncn2)(c2ccc(F)cc2F)C1. The Bertz CT molecular complexity index is 2030. The number of halogens is 2. The van der Waals surface area contributed by atoms with E-state index in [4.69, 9.17) is 19.7 Å². The van der Waals surface area contributed by atoms with Crippen LogP contribution in [-0.4, -0.2) is 70.0 Å². The second kappa shape index (κ2) is 14.5. The minimum Gasteiger partial charge on any atom is -0.491 e. The van der Waals surface area contributed by atoms with E-state index in [-0.39, 0.29) is 23.9 Å². The van der Waals surface area contributed by atoms with Gasteiger partial charge in [-0.05, 0) is 67.9 Å². The van der Waals surface area contributed by atoms with E-state index in [9.17, 15) is 13.6 Å². The molecule has 0 aliphatic carbocycles. The number of nitriles is 1. The van der Waals surface area contributed by atoms with Gasteiger partial charge in [-0.1, -0.05) is 6.07 Å². The number of carbonyl (C=O) groups is 1. The maximum atomic E-state index is 15.0. The first-order valence-electron chi connectivity index (χ1n) is 16.6. The molecule has 0 saturated carbocycles. The number of hydrogen-bond acceptors (Lipinski definition) is 10.